The summed E-state index contributed by atoms with van der Waals surface area (Å²) in [7, 11) is 2.97. The first-order chi connectivity index (χ1) is 35.2. The summed E-state index contributed by atoms with van der Waals surface area (Å²) in [6, 6.07) is 1.98. The van der Waals surface area contributed by atoms with Gasteiger partial charge >= 0.3 is 17.9 Å². The van der Waals surface area contributed by atoms with Crippen LogP contribution in [0.2, 0.25) is 5.28 Å². The third-order valence-electron chi connectivity index (χ3n) is 13.4. The molecule has 4 N–H and O–H groups in total. The number of nitrogens with one attached hydrogen (secondary N) is 2. The molecule has 4 unspecified atom stereocenters. The van der Waals surface area contributed by atoms with Crippen LogP contribution < -0.4 is 15.5 Å². The standard InChI is InChI=1S/C30H52N4O4S.C28H48ClN3O2S/c1-22(2)10-7-11-23(3)12-8-13-24(4)14-9-15-25(5)17-19-39-21-26(29(37)38)32-27-16-18-31-30(33-27)34(6)20-28(35)36;1-21(2)10-7-11-22(3)12-8-13-23(4)14-9-15-24(5)17-19-35-20-25(27(33)34-6)31-26-16-18-30-28(29)32-26/h16-18,22-24,26H,7-15,19-21H2,1-6H3,(H,35,36)(H,37,38)(H,31,32,33);16-18,21-23,25H,7-15,19-20H2,1-6H3,(H,30,31,32)/b25-17+;24-17+/t23?,24?,26-;22?,23?,25-/m00/s1. The van der Waals surface area contributed by atoms with Crippen LogP contribution in [-0.2, 0) is 19.1 Å². The number of ether oxygens (including phenoxy) is 1. The highest BCUT2D eigenvalue weighted by Crippen LogP contribution is 2.25. The molecule has 0 radical (unpaired) electrons. The maximum atomic E-state index is 12.1. The van der Waals surface area contributed by atoms with Crippen LogP contribution in [0.4, 0.5) is 17.6 Å². The van der Waals surface area contributed by atoms with E-state index in [0.717, 1.165) is 59.9 Å². The van der Waals surface area contributed by atoms with Gasteiger partial charge in [-0.2, -0.15) is 28.5 Å². The highest BCUT2D eigenvalue weighted by molar-refractivity contribution is 7.99. The topological polar surface area (TPSA) is 180 Å². The van der Waals surface area contributed by atoms with Crippen LogP contribution in [0.5, 0.6) is 0 Å². The van der Waals surface area contributed by atoms with E-state index in [1.54, 1.807) is 48.9 Å². The summed E-state index contributed by atoms with van der Waals surface area (Å²) >= 11 is 9.10. The van der Waals surface area contributed by atoms with Gasteiger partial charge in [0.25, 0.3) is 0 Å². The van der Waals surface area contributed by atoms with Gasteiger partial charge in [0.1, 0.15) is 30.3 Å². The molecule has 0 aliphatic heterocycles. The van der Waals surface area contributed by atoms with Gasteiger partial charge in [0.2, 0.25) is 11.2 Å². The number of allylic oxidation sites excluding steroid dienone is 2. The lowest BCUT2D eigenvalue weighted by Gasteiger charge is -2.17. The van der Waals surface area contributed by atoms with Crippen molar-refractivity contribution in [2.24, 2.45) is 35.5 Å². The highest BCUT2D eigenvalue weighted by Gasteiger charge is 2.21. The smallest absolute Gasteiger partial charge is 0.329 e. The van der Waals surface area contributed by atoms with Crippen molar-refractivity contribution in [3.8, 4) is 0 Å². The Kier molecular flexibility index (Phi) is 38.5. The van der Waals surface area contributed by atoms with Crippen molar-refractivity contribution in [3.05, 3.63) is 53.1 Å². The Bertz CT molecular complexity index is 1890. The van der Waals surface area contributed by atoms with Gasteiger partial charge in [-0.25, -0.2) is 24.5 Å². The summed E-state index contributed by atoms with van der Waals surface area (Å²) in [5.74, 6) is 6.38. The summed E-state index contributed by atoms with van der Waals surface area (Å²) in [4.78, 5) is 52.5. The SMILES string of the molecule is C/C(=C\CSC[C@H](Nc1ccnc(N(C)CC(=O)O)n1)C(=O)O)CCCC(C)CCCC(C)CCCC(C)C.COC(=O)[C@H](CSC/C=C(\C)CCCC(C)CCCC(C)CCCC(C)C)Nc1ccnc(Cl)n1. The van der Waals surface area contributed by atoms with Gasteiger partial charge in [-0.15, -0.1) is 0 Å². The van der Waals surface area contributed by atoms with Gasteiger partial charge in [-0.05, 0) is 98.8 Å². The number of carbonyl (C=O) groups excluding carboxylic acids is 1. The number of carboxylic acids is 2. The molecule has 16 heteroatoms. The van der Waals surface area contributed by atoms with Crippen molar-refractivity contribution < 1.29 is 29.3 Å². The first-order valence-electron chi connectivity index (χ1n) is 27.7. The van der Waals surface area contributed by atoms with E-state index < -0.39 is 24.0 Å². The fraction of sp³-hybridized carbons (Fsp3) is 0.741. The van der Waals surface area contributed by atoms with Crippen LogP contribution >= 0.6 is 35.1 Å². The summed E-state index contributed by atoms with van der Waals surface area (Å²) in [5, 5.41) is 24.8. The molecule has 0 spiro atoms. The number of rotatable bonds is 41. The zero-order chi connectivity index (χ0) is 55.3. The predicted octanol–water partition coefficient (Wildman–Crippen LogP) is 15.2. The molecule has 6 atom stereocenters. The van der Waals surface area contributed by atoms with E-state index in [0.29, 0.717) is 23.1 Å². The van der Waals surface area contributed by atoms with Gasteiger partial charge < -0.3 is 30.5 Å². The predicted molar refractivity (Wildman–Crippen MR) is 316 cm³/mol. The molecule has 0 bridgehead atoms. The Balaban J connectivity index is 0.000000744. The summed E-state index contributed by atoms with van der Waals surface area (Å²) < 4.78 is 4.93. The van der Waals surface area contributed by atoms with Gasteiger partial charge in [-0.3, -0.25) is 4.79 Å². The van der Waals surface area contributed by atoms with Crippen molar-refractivity contribution in [1.82, 2.24) is 19.9 Å². The fourth-order valence-corrected chi connectivity index (χ4v) is 10.7. The lowest BCUT2D eigenvalue weighted by molar-refractivity contribution is -0.141. The van der Waals surface area contributed by atoms with Crippen LogP contribution in [0.25, 0.3) is 0 Å². The second-order valence-corrected chi connectivity index (χ2v) is 24.3. The normalized spacial score (nSPS) is 14.4. The van der Waals surface area contributed by atoms with Gasteiger partial charge in [0, 0.05) is 42.5 Å². The zero-order valence-corrected chi connectivity index (χ0v) is 50.2. The van der Waals surface area contributed by atoms with Crippen molar-refractivity contribution in [2.45, 2.75) is 197 Å². The molecule has 0 saturated heterocycles. The molecule has 0 fully saturated rings. The first-order valence-corrected chi connectivity index (χ1v) is 30.4. The minimum Gasteiger partial charge on any atom is -0.480 e. The Morgan fingerprint density at radius 3 is 1.46 bits per heavy atom. The van der Waals surface area contributed by atoms with E-state index in [1.807, 2.05) is 0 Å². The van der Waals surface area contributed by atoms with Crippen LogP contribution in [0, 0.1) is 35.5 Å². The molecule has 2 aromatic heterocycles. The van der Waals surface area contributed by atoms with Crippen molar-refractivity contribution in [2.75, 3.05) is 59.2 Å². The van der Waals surface area contributed by atoms with Crippen molar-refractivity contribution in [3.63, 3.8) is 0 Å². The van der Waals surface area contributed by atoms with Gasteiger partial charge in [0.15, 0.2) is 0 Å². The van der Waals surface area contributed by atoms with Crippen molar-refractivity contribution >= 4 is 70.6 Å². The van der Waals surface area contributed by atoms with Crippen LogP contribution in [0.15, 0.2) is 47.8 Å². The molecule has 2 rings (SSSR count). The molecule has 0 aliphatic rings. The minimum absolute atomic E-state index is 0.144. The number of methoxy groups -OCH3 is 1. The number of aromatic nitrogens is 4. The Labute approximate surface area is 462 Å². The maximum Gasteiger partial charge on any atom is 0.329 e. The molecule has 2 aromatic rings. The van der Waals surface area contributed by atoms with Gasteiger partial charge in [-0.1, -0.05) is 169 Å². The number of carbonyl (C=O) groups is 3. The molecule has 13 nitrogen and oxygen atoms in total. The largest absolute Gasteiger partial charge is 0.480 e. The molecular weight excluding hydrogens is 990 g/mol. The molecular formula is C58H100ClN7O6S2. The lowest BCUT2D eigenvalue weighted by Crippen LogP contribution is -2.33. The molecule has 2 heterocycles. The molecule has 0 saturated carbocycles. The molecule has 0 aromatic carbocycles. The average molecular weight is 1090 g/mol. The number of esters is 1. The van der Waals surface area contributed by atoms with E-state index in [9.17, 15) is 19.5 Å². The van der Waals surface area contributed by atoms with Crippen molar-refractivity contribution in [1.29, 1.82) is 0 Å². The number of hydrogen-bond acceptors (Lipinski definition) is 13. The van der Waals surface area contributed by atoms with Crippen LogP contribution in [0.1, 0.15) is 185 Å². The fourth-order valence-electron chi connectivity index (χ4n) is 8.54. The quantitative estimate of drug-likeness (QED) is 0.0214. The Morgan fingerprint density at radius 2 is 1.04 bits per heavy atom. The second kappa shape index (κ2) is 41.6. The molecule has 74 heavy (non-hydrogen) atoms. The first kappa shape index (κ1) is 68.5. The third kappa shape index (κ3) is 36.4. The highest BCUT2D eigenvalue weighted by atomic mass is 35.5. The Hall–Kier alpha value is -3.56. The summed E-state index contributed by atoms with van der Waals surface area (Å²) in [6.45, 7) is 23.0. The van der Waals surface area contributed by atoms with E-state index in [2.05, 4.69) is 112 Å². The summed E-state index contributed by atoms with van der Waals surface area (Å²) in [6.07, 6.45) is 31.1. The monoisotopic (exact) mass is 1090 g/mol. The number of carboxylic acid groups (broad SMARTS) is 2. The maximum absolute atomic E-state index is 12.1. The van der Waals surface area contributed by atoms with Crippen LogP contribution in [0.3, 0.4) is 0 Å². The number of likely N-dealkylation sites (N-methyl/N-ethyl adjacent to an activating group) is 1. The van der Waals surface area contributed by atoms with Crippen LogP contribution in [-0.4, -0.2) is 104 Å². The van der Waals surface area contributed by atoms with E-state index >= 15 is 0 Å². The minimum atomic E-state index is -0.995. The summed E-state index contributed by atoms with van der Waals surface area (Å²) in [5.41, 5.74) is 2.78. The zero-order valence-electron chi connectivity index (χ0n) is 47.8. The second-order valence-electron chi connectivity index (χ2n) is 21.9. The third-order valence-corrected chi connectivity index (χ3v) is 15.5. The number of aliphatic carboxylic acids is 2. The molecule has 0 aliphatic carbocycles. The number of nitrogens with zero attached hydrogens (tertiary/aromatic N) is 5. The number of thioether (sulfide) groups is 2. The Morgan fingerprint density at radius 1 is 0.635 bits per heavy atom. The number of hydrogen-bond donors (Lipinski definition) is 4. The number of halogens is 1. The lowest BCUT2D eigenvalue weighted by atomic mass is 9.91. The van der Waals surface area contributed by atoms with E-state index in [4.69, 9.17) is 21.4 Å². The molecule has 422 valence electrons. The van der Waals surface area contributed by atoms with E-state index in [-0.39, 0.29) is 23.7 Å². The average Bonchev–Trinajstić information content (AvgIpc) is 3.33. The van der Waals surface area contributed by atoms with E-state index in [1.165, 1.54) is 132 Å². The van der Waals surface area contributed by atoms with Gasteiger partial charge in [0.05, 0.1) is 7.11 Å². The molecule has 0 amide bonds. The number of anilines is 3.